The van der Waals surface area contributed by atoms with Gasteiger partial charge in [-0.25, -0.2) is 4.98 Å². The average molecular weight is 277 g/mol. The van der Waals surface area contributed by atoms with Gasteiger partial charge < -0.3 is 10.1 Å². The van der Waals surface area contributed by atoms with Gasteiger partial charge in [-0.1, -0.05) is 20.8 Å². The van der Waals surface area contributed by atoms with E-state index in [1.807, 2.05) is 20.8 Å². The Bertz CT molecular complexity index is 408. The van der Waals surface area contributed by atoms with Gasteiger partial charge >= 0.3 is 6.18 Å². The van der Waals surface area contributed by atoms with Crippen LogP contribution in [0.15, 0.2) is 6.07 Å². The minimum atomic E-state index is -4.58. The summed E-state index contributed by atoms with van der Waals surface area (Å²) in [5, 5.41) is 2.80. The zero-order chi connectivity index (χ0) is 14.5. The third-order valence-corrected chi connectivity index (χ3v) is 2.08. The van der Waals surface area contributed by atoms with E-state index in [2.05, 4.69) is 15.3 Å². The van der Waals surface area contributed by atoms with E-state index in [0.717, 1.165) is 6.42 Å². The molecule has 1 aromatic rings. The molecular weight excluding hydrogens is 259 g/mol. The second kappa shape index (κ2) is 6.58. The number of aromatic nitrogens is 2. The molecule has 1 heterocycles. The number of nitrogens with one attached hydrogen (secondary N) is 1. The number of anilines is 1. The zero-order valence-electron chi connectivity index (χ0n) is 11.2. The van der Waals surface area contributed by atoms with Gasteiger partial charge in [0.25, 0.3) is 0 Å². The van der Waals surface area contributed by atoms with E-state index in [4.69, 9.17) is 4.74 Å². The molecule has 0 aliphatic carbocycles. The molecule has 4 nitrogen and oxygen atoms in total. The van der Waals surface area contributed by atoms with E-state index in [-0.39, 0.29) is 17.6 Å². The van der Waals surface area contributed by atoms with Crippen LogP contribution in [0.4, 0.5) is 19.0 Å². The standard InChI is InChI=1S/C12H18F3N3O/c1-4-5-16-9-6-10(19-7-8(2)3)18-11(17-9)12(13,14)15/h6,8H,4-5,7H2,1-3H3,(H,16,17,18). The van der Waals surface area contributed by atoms with Crippen molar-refractivity contribution in [1.29, 1.82) is 0 Å². The van der Waals surface area contributed by atoms with Crippen molar-refractivity contribution in [3.8, 4) is 5.88 Å². The fraction of sp³-hybridized carbons (Fsp3) is 0.667. The number of ether oxygens (including phenoxy) is 1. The molecule has 0 fully saturated rings. The van der Waals surface area contributed by atoms with E-state index >= 15 is 0 Å². The van der Waals surface area contributed by atoms with Gasteiger partial charge in [-0.3, -0.25) is 0 Å². The molecule has 0 radical (unpaired) electrons. The number of nitrogens with zero attached hydrogens (tertiary/aromatic N) is 2. The lowest BCUT2D eigenvalue weighted by Crippen LogP contribution is -2.15. The van der Waals surface area contributed by atoms with Crippen LogP contribution in [0.5, 0.6) is 5.88 Å². The van der Waals surface area contributed by atoms with E-state index in [1.165, 1.54) is 6.07 Å². The highest BCUT2D eigenvalue weighted by atomic mass is 19.4. The van der Waals surface area contributed by atoms with E-state index in [0.29, 0.717) is 13.2 Å². The summed E-state index contributed by atoms with van der Waals surface area (Å²) in [6.07, 6.45) is -3.80. The normalized spacial score (nSPS) is 11.7. The molecule has 19 heavy (non-hydrogen) atoms. The average Bonchev–Trinajstić information content (AvgIpc) is 2.32. The molecule has 108 valence electrons. The van der Waals surface area contributed by atoms with Crippen LogP contribution in [0, 0.1) is 5.92 Å². The van der Waals surface area contributed by atoms with Gasteiger partial charge in [0.2, 0.25) is 11.7 Å². The fourth-order valence-electron chi connectivity index (χ4n) is 1.22. The van der Waals surface area contributed by atoms with Crippen LogP contribution in [-0.2, 0) is 6.18 Å². The predicted molar refractivity (Wildman–Crippen MR) is 66.1 cm³/mol. The lowest BCUT2D eigenvalue weighted by Gasteiger charge is -2.12. The lowest BCUT2D eigenvalue weighted by atomic mass is 10.2. The Hall–Kier alpha value is -1.53. The van der Waals surface area contributed by atoms with Crippen molar-refractivity contribution in [2.24, 2.45) is 5.92 Å². The van der Waals surface area contributed by atoms with E-state index in [9.17, 15) is 13.2 Å². The van der Waals surface area contributed by atoms with Crippen molar-refractivity contribution in [2.75, 3.05) is 18.5 Å². The molecule has 7 heteroatoms. The number of halogens is 3. The van der Waals surface area contributed by atoms with Gasteiger partial charge in [0, 0.05) is 12.6 Å². The summed E-state index contributed by atoms with van der Waals surface area (Å²) in [5.74, 6) is -0.915. The summed E-state index contributed by atoms with van der Waals surface area (Å²) in [6.45, 7) is 6.57. The van der Waals surface area contributed by atoms with Gasteiger partial charge in [-0.05, 0) is 12.3 Å². The molecule has 0 saturated heterocycles. The first-order chi connectivity index (χ1) is 8.82. The first-order valence-corrected chi connectivity index (χ1v) is 6.16. The Morgan fingerprint density at radius 1 is 1.32 bits per heavy atom. The molecule has 0 atom stereocenters. The lowest BCUT2D eigenvalue weighted by molar-refractivity contribution is -0.145. The Kier molecular flexibility index (Phi) is 5.38. The molecule has 0 aliphatic heterocycles. The van der Waals surface area contributed by atoms with Crippen molar-refractivity contribution in [2.45, 2.75) is 33.4 Å². The number of hydrogen-bond donors (Lipinski definition) is 1. The van der Waals surface area contributed by atoms with Crippen LogP contribution in [0.2, 0.25) is 0 Å². The summed E-state index contributed by atoms with van der Waals surface area (Å²) in [4.78, 5) is 6.83. The number of hydrogen-bond acceptors (Lipinski definition) is 4. The van der Waals surface area contributed by atoms with Crippen LogP contribution in [0.25, 0.3) is 0 Å². The molecule has 1 N–H and O–H groups in total. The Labute approximate surface area is 110 Å². The number of rotatable bonds is 6. The van der Waals surface area contributed by atoms with Gasteiger partial charge in [-0.15, -0.1) is 0 Å². The minimum Gasteiger partial charge on any atom is -0.477 e. The molecule has 0 spiro atoms. The highest BCUT2D eigenvalue weighted by Gasteiger charge is 2.35. The third-order valence-electron chi connectivity index (χ3n) is 2.08. The fourth-order valence-corrected chi connectivity index (χ4v) is 1.22. The highest BCUT2D eigenvalue weighted by molar-refractivity contribution is 5.38. The zero-order valence-corrected chi connectivity index (χ0v) is 11.2. The van der Waals surface area contributed by atoms with Crippen LogP contribution in [0.1, 0.15) is 33.0 Å². The largest absolute Gasteiger partial charge is 0.477 e. The smallest absolute Gasteiger partial charge is 0.451 e. The summed E-state index contributed by atoms with van der Waals surface area (Å²) < 4.78 is 43.2. The Morgan fingerprint density at radius 2 is 2.00 bits per heavy atom. The quantitative estimate of drug-likeness (QED) is 0.866. The molecule has 0 amide bonds. The topological polar surface area (TPSA) is 47.0 Å². The highest BCUT2D eigenvalue weighted by Crippen LogP contribution is 2.29. The maximum atomic E-state index is 12.7. The summed E-state index contributed by atoms with van der Waals surface area (Å²) >= 11 is 0. The van der Waals surface area contributed by atoms with Crippen molar-refractivity contribution in [3.63, 3.8) is 0 Å². The third kappa shape index (κ3) is 5.32. The molecule has 0 saturated carbocycles. The van der Waals surface area contributed by atoms with Crippen LogP contribution < -0.4 is 10.1 Å². The van der Waals surface area contributed by atoms with Crippen molar-refractivity contribution < 1.29 is 17.9 Å². The maximum Gasteiger partial charge on any atom is 0.451 e. The Balaban J connectivity index is 2.95. The first-order valence-electron chi connectivity index (χ1n) is 6.16. The number of alkyl halides is 3. The molecule has 0 bridgehead atoms. The minimum absolute atomic E-state index is 0.0605. The van der Waals surface area contributed by atoms with Crippen molar-refractivity contribution >= 4 is 5.82 Å². The second-order valence-electron chi connectivity index (χ2n) is 4.54. The molecule has 0 aliphatic rings. The van der Waals surface area contributed by atoms with Crippen molar-refractivity contribution in [3.05, 3.63) is 11.9 Å². The van der Waals surface area contributed by atoms with Crippen LogP contribution in [0.3, 0.4) is 0 Å². The molecule has 1 rings (SSSR count). The SMILES string of the molecule is CCCNc1cc(OCC(C)C)nc(C(F)(F)F)n1. The predicted octanol–water partition coefficient (Wildman–Crippen LogP) is 3.35. The molecule has 0 aromatic carbocycles. The first kappa shape index (κ1) is 15.5. The van der Waals surface area contributed by atoms with Gasteiger partial charge in [0.1, 0.15) is 5.82 Å². The van der Waals surface area contributed by atoms with Gasteiger partial charge in [0.15, 0.2) is 0 Å². The maximum absolute atomic E-state index is 12.7. The van der Waals surface area contributed by atoms with Crippen molar-refractivity contribution in [1.82, 2.24) is 9.97 Å². The van der Waals surface area contributed by atoms with Gasteiger partial charge in [0.05, 0.1) is 6.61 Å². The molecule has 0 unspecified atom stereocenters. The van der Waals surface area contributed by atoms with E-state index in [1.54, 1.807) is 0 Å². The summed E-state index contributed by atoms with van der Waals surface area (Å²) in [5.41, 5.74) is 0. The second-order valence-corrected chi connectivity index (χ2v) is 4.54. The van der Waals surface area contributed by atoms with Crippen LogP contribution >= 0.6 is 0 Å². The van der Waals surface area contributed by atoms with Crippen LogP contribution in [-0.4, -0.2) is 23.1 Å². The van der Waals surface area contributed by atoms with Gasteiger partial charge in [-0.2, -0.15) is 18.2 Å². The summed E-state index contributed by atoms with van der Waals surface area (Å²) in [7, 11) is 0. The van der Waals surface area contributed by atoms with E-state index < -0.39 is 12.0 Å². The molecule has 1 aromatic heterocycles. The molecular formula is C12H18F3N3O. The Morgan fingerprint density at radius 3 is 2.53 bits per heavy atom. The summed E-state index contributed by atoms with van der Waals surface area (Å²) in [6, 6.07) is 1.38. The monoisotopic (exact) mass is 277 g/mol.